The monoisotopic (exact) mass is 355 g/mol. The van der Waals surface area contributed by atoms with Crippen LogP contribution in [0.4, 0.5) is 0 Å². The maximum Gasteiger partial charge on any atom is 0.336 e. The number of hydrogen-bond acceptors (Lipinski definition) is 4. The summed E-state index contributed by atoms with van der Waals surface area (Å²) in [6.07, 6.45) is 1.26. The summed E-state index contributed by atoms with van der Waals surface area (Å²) >= 11 is 0. The van der Waals surface area contributed by atoms with E-state index in [9.17, 15) is 9.59 Å². The third-order valence-corrected chi connectivity index (χ3v) is 5.01. The second-order valence-electron chi connectivity index (χ2n) is 7.94. The maximum atomic E-state index is 13.1. The molecule has 138 valence electrons. The molecule has 0 amide bonds. The molecule has 5 nitrogen and oxygen atoms in total. The largest absolute Gasteiger partial charge is 0.463 e. The molecule has 2 N–H and O–H groups in total. The molecule has 1 atom stereocenters. The summed E-state index contributed by atoms with van der Waals surface area (Å²) in [5.41, 5.74) is 4.62. The van der Waals surface area contributed by atoms with E-state index in [1.165, 1.54) is 0 Å². The second kappa shape index (κ2) is 6.71. The Morgan fingerprint density at radius 1 is 1.31 bits per heavy atom. The van der Waals surface area contributed by atoms with Crippen LogP contribution in [0.1, 0.15) is 57.8 Å². The number of carbonyl (C=O) groups is 2. The molecule has 26 heavy (non-hydrogen) atoms. The average Bonchev–Trinajstić information content (AvgIpc) is 2.52. The van der Waals surface area contributed by atoms with E-state index < -0.39 is 5.92 Å². The number of dihydropyridines is 1. The predicted molar refractivity (Wildman–Crippen MR) is 98.0 cm³/mol. The first-order valence-corrected chi connectivity index (χ1v) is 9.13. The van der Waals surface area contributed by atoms with Crippen molar-refractivity contribution in [2.75, 3.05) is 6.61 Å². The molecule has 2 aliphatic rings. The smallest absolute Gasteiger partial charge is 0.336 e. The lowest BCUT2D eigenvalue weighted by atomic mass is 9.69. The number of Topliss-reactive ketones (excluding diaryl/α,β-unsaturated/α-hetero) is 1. The third-order valence-electron chi connectivity index (χ3n) is 5.01. The van der Waals surface area contributed by atoms with E-state index in [4.69, 9.17) is 4.74 Å². The number of hydrogen-bond donors (Lipinski definition) is 1. The molecule has 1 aliphatic carbocycles. The van der Waals surface area contributed by atoms with Gasteiger partial charge in [-0.25, -0.2) is 9.78 Å². The molecule has 3 rings (SSSR count). The number of pyridine rings is 1. The zero-order chi connectivity index (χ0) is 19.1. The minimum atomic E-state index is -0.422. The molecule has 0 radical (unpaired) electrons. The van der Waals surface area contributed by atoms with Gasteiger partial charge in [-0.2, -0.15) is 0 Å². The van der Waals surface area contributed by atoms with Gasteiger partial charge in [0.2, 0.25) is 0 Å². The molecule has 1 aromatic rings. The summed E-state index contributed by atoms with van der Waals surface area (Å²) in [5.74, 6) is -0.701. The van der Waals surface area contributed by atoms with E-state index >= 15 is 0 Å². The number of esters is 1. The van der Waals surface area contributed by atoms with E-state index in [1.807, 2.05) is 32.0 Å². The zero-order valence-corrected chi connectivity index (χ0v) is 16.2. The summed E-state index contributed by atoms with van der Waals surface area (Å²) in [7, 11) is 0. The van der Waals surface area contributed by atoms with E-state index in [-0.39, 0.29) is 17.2 Å². The Kier molecular flexibility index (Phi) is 4.74. The van der Waals surface area contributed by atoms with Crippen LogP contribution in [-0.4, -0.2) is 18.4 Å². The fraction of sp³-hybridized carbons (Fsp3) is 0.476. The SMILES string of the molecule is CCOC(=O)C1=C(C)NC2=C(C(=O)CC(C)(C)C2)C1c1cccc(C)[nH+]1. The molecule has 1 aromatic heterocycles. The highest BCUT2D eigenvalue weighted by atomic mass is 16.5. The van der Waals surface area contributed by atoms with Gasteiger partial charge in [0.25, 0.3) is 0 Å². The van der Waals surface area contributed by atoms with Gasteiger partial charge in [-0.05, 0) is 31.7 Å². The van der Waals surface area contributed by atoms with Gasteiger partial charge in [0.1, 0.15) is 5.92 Å². The van der Waals surface area contributed by atoms with Gasteiger partial charge in [-0.15, -0.1) is 0 Å². The van der Waals surface area contributed by atoms with Gasteiger partial charge < -0.3 is 10.1 Å². The van der Waals surface area contributed by atoms with Crippen LogP contribution in [0.3, 0.4) is 0 Å². The van der Waals surface area contributed by atoms with E-state index in [2.05, 4.69) is 24.1 Å². The molecule has 0 bridgehead atoms. The first kappa shape index (κ1) is 18.4. The van der Waals surface area contributed by atoms with Crippen LogP contribution in [0.2, 0.25) is 0 Å². The lowest BCUT2D eigenvalue weighted by Crippen LogP contribution is -2.40. The van der Waals surface area contributed by atoms with Crippen LogP contribution < -0.4 is 10.3 Å². The molecule has 5 heteroatoms. The Labute approximate surface area is 154 Å². The molecular weight excluding hydrogens is 328 g/mol. The molecule has 0 saturated carbocycles. The molecule has 1 unspecified atom stereocenters. The molecule has 2 heterocycles. The summed E-state index contributed by atoms with van der Waals surface area (Å²) in [4.78, 5) is 29.1. The Morgan fingerprint density at radius 3 is 2.69 bits per heavy atom. The maximum absolute atomic E-state index is 13.1. The Bertz CT molecular complexity index is 833. The van der Waals surface area contributed by atoms with Crippen molar-refractivity contribution in [3.05, 3.63) is 52.1 Å². The normalized spacial score (nSPS) is 22.0. The first-order chi connectivity index (χ1) is 12.2. The summed E-state index contributed by atoms with van der Waals surface area (Å²) in [5, 5.41) is 3.33. The number of nitrogens with one attached hydrogen (secondary N) is 2. The van der Waals surface area contributed by atoms with Crippen LogP contribution >= 0.6 is 0 Å². The summed E-state index contributed by atoms with van der Waals surface area (Å²) < 4.78 is 5.31. The van der Waals surface area contributed by atoms with Crippen molar-refractivity contribution in [3.8, 4) is 0 Å². The van der Waals surface area contributed by atoms with Crippen LogP contribution in [0.15, 0.2) is 40.7 Å². The van der Waals surface area contributed by atoms with Crippen molar-refractivity contribution < 1.29 is 19.3 Å². The fourth-order valence-corrected chi connectivity index (χ4v) is 4.00. The Balaban J connectivity index is 2.18. The van der Waals surface area contributed by atoms with Crippen molar-refractivity contribution in [3.63, 3.8) is 0 Å². The Hall–Kier alpha value is -2.43. The number of aromatic nitrogens is 1. The molecule has 0 saturated heterocycles. The standard InChI is InChI=1S/C21H26N2O3/c1-6-26-20(25)17-13(3)23-15-10-21(4,5)11-16(24)18(15)19(17)14-9-7-8-12(2)22-14/h7-9,19,23H,6,10-11H2,1-5H3/p+1. The highest BCUT2D eigenvalue weighted by Gasteiger charge is 2.45. The van der Waals surface area contributed by atoms with Crippen molar-refractivity contribution >= 4 is 11.8 Å². The second-order valence-corrected chi connectivity index (χ2v) is 7.94. The minimum Gasteiger partial charge on any atom is -0.463 e. The van der Waals surface area contributed by atoms with E-state index in [0.29, 0.717) is 24.2 Å². The zero-order valence-electron chi connectivity index (χ0n) is 16.2. The Morgan fingerprint density at radius 2 is 2.04 bits per heavy atom. The summed E-state index contributed by atoms with van der Waals surface area (Å²) in [6.45, 7) is 10.1. The number of rotatable bonds is 3. The van der Waals surface area contributed by atoms with Gasteiger partial charge in [0.15, 0.2) is 17.2 Å². The fourth-order valence-electron chi connectivity index (χ4n) is 4.00. The van der Waals surface area contributed by atoms with Crippen molar-refractivity contribution in [2.24, 2.45) is 5.41 Å². The lowest BCUT2D eigenvalue weighted by Gasteiger charge is -2.38. The van der Waals surface area contributed by atoms with Gasteiger partial charge in [0, 0.05) is 42.4 Å². The van der Waals surface area contributed by atoms with Crippen LogP contribution in [0.5, 0.6) is 0 Å². The summed E-state index contributed by atoms with van der Waals surface area (Å²) in [6, 6.07) is 5.85. The average molecular weight is 355 g/mol. The van der Waals surface area contributed by atoms with Gasteiger partial charge in [-0.1, -0.05) is 13.8 Å². The van der Waals surface area contributed by atoms with Crippen LogP contribution in [-0.2, 0) is 14.3 Å². The number of carbonyl (C=O) groups excluding carboxylic acids is 2. The van der Waals surface area contributed by atoms with Gasteiger partial charge in [-0.3, -0.25) is 4.79 Å². The van der Waals surface area contributed by atoms with Gasteiger partial charge >= 0.3 is 5.97 Å². The number of ketones is 1. The first-order valence-electron chi connectivity index (χ1n) is 9.13. The molecule has 0 spiro atoms. The third kappa shape index (κ3) is 3.30. The molecule has 1 aliphatic heterocycles. The number of H-pyrrole nitrogens is 1. The van der Waals surface area contributed by atoms with E-state index in [0.717, 1.165) is 29.2 Å². The highest BCUT2D eigenvalue weighted by Crippen LogP contribution is 2.45. The quantitative estimate of drug-likeness (QED) is 0.847. The number of aromatic amines is 1. The van der Waals surface area contributed by atoms with E-state index in [1.54, 1.807) is 6.92 Å². The van der Waals surface area contributed by atoms with Crippen molar-refractivity contribution in [1.82, 2.24) is 5.32 Å². The number of aryl methyl sites for hydroxylation is 1. The lowest BCUT2D eigenvalue weighted by molar-refractivity contribution is -0.400. The molecule has 0 aromatic carbocycles. The predicted octanol–water partition coefficient (Wildman–Crippen LogP) is 2.98. The number of allylic oxidation sites excluding steroid dienone is 3. The molecular formula is C21H27N2O3+. The topological polar surface area (TPSA) is 69.5 Å². The van der Waals surface area contributed by atoms with Crippen LogP contribution in [0.25, 0.3) is 0 Å². The van der Waals surface area contributed by atoms with Crippen LogP contribution in [0, 0.1) is 12.3 Å². The highest BCUT2D eigenvalue weighted by molar-refractivity contribution is 6.03. The van der Waals surface area contributed by atoms with Crippen molar-refractivity contribution in [1.29, 1.82) is 0 Å². The number of ether oxygens (including phenoxy) is 1. The molecule has 0 fully saturated rings. The minimum absolute atomic E-state index is 0.0918. The van der Waals surface area contributed by atoms with Crippen molar-refractivity contribution in [2.45, 2.75) is 53.4 Å². The van der Waals surface area contributed by atoms with Gasteiger partial charge in [0.05, 0.1) is 12.2 Å².